The topological polar surface area (TPSA) is 60.4 Å². The van der Waals surface area contributed by atoms with Gasteiger partial charge in [-0.05, 0) is 46.2 Å². The van der Waals surface area contributed by atoms with Gasteiger partial charge in [-0.3, -0.25) is 0 Å². The summed E-state index contributed by atoms with van der Waals surface area (Å²) in [6.45, 7) is 8.20. The number of nitrogens with zero attached hydrogens (tertiary/aromatic N) is 1. The third-order valence-corrected chi connectivity index (χ3v) is 4.40. The summed E-state index contributed by atoms with van der Waals surface area (Å²) in [6, 6.07) is 8.35. The standard InChI is InChI=1S/C19H24N2O3/c1-11(9-16-12(2)21-24-14(16)4)20-13(3)18-10-15-7-6-8-17(22-5)19(15)23-18/h6-8,10-11,13,20H,9H2,1-5H3/t11-,13+/m1/s1. The molecule has 0 aliphatic heterocycles. The highest BCUT2D eigenvalue weighted by molar-refractivity contribution is 5.83. The number of hydrogen-bond acceptors (Lipinski definition) is 5. The van der Waals surface area contributed by atoms with E-state index < -0.39 is 0 Å². The lowest BCUT2D eigenvalue weighted by Crippen LogP contribution is -2.30. The highest BCUT2D eigenvalue weighted by Gasteiger charge is 2.18. The molecule has 0 saturated heterocycles. The number of para-hydroxylation sites is 1. The first-order valence-corrected chi connectivity index (χ1v) is 8.23. The van der Waals surface area contributed by atoms with Crippen LogP contribution >= 0.6 is 0 Å². The molecule has 0 fully saturated rings. The number of methoxy groups -OCH3 is 1. The van der Waals surface area contributed by atoms with Crippen molar-refractivity contribution in [2.24, 2.45) is 0 Å². The molecule has 2 heterocycles. The van der Waals surface area contributed by atoms with E-state index in [0.717, 1.165) is 40.4 Å². The molecule has 1 aromatic carbocycles. The largest absolute Gasteiger partial charge is 0.493 e. The third-order valence-electron chi connectivity index (χ3n) is 4.40. The third kappa shape index (κ3) is 3.17. The van der Waals surface area contributed by atoms with Gasteiger partial charge in [-0.1, -0.05) is 17.3 Å². The Morgan fingerprint density at radius 1 is 1.25 bits per heavy atom. The minimum atomic E-state index is 0.0950. The molecule has 24 heavy (non-hydrogen) atoms. The molecule has 0 aliphatic rings. The number of furan rings is 1. The molecule has 0 amide bonds. The molecule has 0 radical (unpaired) electrons. The molecule has 128 valence electrons. The minimum Gasteiger partial charge on any atom is -0.493 e. The van der Waals surface area contributed by atoms with Gasteiger partial charge >= 0.3 is 0 Å². The normalized spacial score (nSPS) is 14.0. The van der Waals surface area contributed by atoms with Crippen molar-refractivity contribution in [3.05, 3.63) is 47.0 Å². The summed E-state index contributed by atoms with van der Waals surface area (Å²) < 4.78 is 16.6. The van der Waals surface area contributed by atoms with Crippen molar-refractivity contribution in [3.63, 3.8) is 0 Å². The first-order chi connectivity index (χ1) is 11.5. The van der Waals surface area contributed by atoms with Gasteiger partial charge in [0.05, 0.1) is 18.8 Å². The number of fused-ring (bicyclic) bond motifs is 1. The van der Waals surface area contributed by atoms with Gasteiger partial charge < -0.3 is 19.0 Å². The van der Waals surface area contributed by atoms with Crippen molar-refractivity contribution in [2.45, 2.75) is 46.2 Å². The molecule has 0 aliphatic carbocycles. The van der Waals surface area contributed by atoms with Gasteiger partial charge in [-0.15, -0.1) is 0 Å². The highest BCUT2D eigenvalue weighted by atomic mass is 16.5. The molecule has 5 nitrogen and oxygen atoms in total. The van der Waals surface area contributed by atoms with E-state index in [0.29, 0.717) is 0 Å². The molecule has 0 spiro atoms. The second kappa shape index (κ2) is 6.69. The van der Waals surface area contributed by atoms with Crippen molar-refractivity contribution in [1.82, 2.24) is 10.5 Å². The number of ether oxygens (including phenoxy) is 1. The zero-order valence-corrected chi connectivity index (χ0v) is 14.8. The Morgan fingerprint density at radius 3 is 2.71 bits per heavy atom. The lowest BCUT2D eigenvalue weighted by Gasteiger charge is -2.18. The number of aromatic nitrogens is 1. The Kier molecular flexibility index (Phi) is 4.62. The van der Waals surface area contributed by atoms with Crippen molar-refractivity contribution in [3.8, 4) is 5.75 Å². The highest BCUT2D eigenvalue weighted by Crippen LogP contribution is 2.31. The number of benzene rings is 1. The van der Waals surface area contributed by atoms with Gasteiger partial charge in [0.25, 0.3) is 0 Å². The molecule has 0 saturated carbocycles. The molecule has 2 atom stereocenters. The monoisotopic (exact) mass is 328 g/mol. The molecule has 2 aromatic heterocycles. The number of rotatable bonds is 6. The molecule has 3 rings (SSSR count). The Balaban J connectivity index is 1.73. The zero-order valence-electron chi connectivity index (χ0n) is 14.8. The van der Waals surface area contributed by atoms with Crippen molar-refractivity contribution in [1.29, 1.82) is 0 Å². The SMILES string of the molecule is COc1cccc2cc([C@H](C)N[C@H](C)Cc3c(C)noc3C)oc12. The van der Waals surface area contributed by atoms with Crippen LogP contribution < -0.4 is 10.1 Å². The van der Waals surface area contributed by atoms with Crippen molar-refractivity contribution < 1.29 is 13.7 Å². The maximum absolute atomic E-state index is 6.02. The second-order valence-electron chi connectivity index (χ2n) is 6.32. The average Bonchev–Trinajstić information content (AvgIpc) is 3.13. The van der Waals surface area contributed by atoms with Crippen molar-refractivity contribution in [2.75, 3.05) is 7.11 Å². The molecular weight excluding hydrogens is 304 g/mol. The molecule has 0 bridgehead atoms. The van der Waals surface area contributed by atoms with E-state index in [1.807, 2.05) is 32.0 Å². The predicted octanol–water partition coefficient (Wildman–Crippen LogP) is 4.33. The van der Waals surface area contributed by atoms with Gasteiger partial charge in [0, 0.05) is 17.0 Å². The summed E-state index contributed by atoms with van der Waals surface area (Å²) in [5, 5.41) is 8.65. The molecule has 0 unspecified atom stereocenters. The lowest BCUT2D eigenvalue weighted by atomic mass is 10.0. The van der Waals surface area contributed by atoms with Crippen LogP contribution in [-0.2, 0) is 6.42 Å². The Morgan fingerprint density at radius 2 is 2.04 bits per heavy atom. The molecule has 5 heteroatoms. The Hall–Kier alpha value is -2.27. The van der Waals surface area contributed by atoms with Crippen LogP contribution in [0.25, 0.3) is 11.0 Å². The summed E-state index contributed by atoms with van der Waals surface area (Å²) in [4.78, 5) is 0. The fourth-order valence-corrected chi connectivity index (χ4v) is 3.10. The van der Waals surface area contributed by atoms with Crippen LogP contribution in [0, 0.1) is 13.8 Å². The smallest absolute Gasteiger partial charge is 0.176 e. The fraction of sp³-hybridized carbons (Fsp3) is 0.421. The van der Waals surface area contributed by atoms with Crippen LogP contribution in [0.1, 0.15) is 42.7 Å². The quantitative estimate of drug-likeness (QED) is 0.730. The van der Waals surface area contributed by atoms with E-state index in [9.17, 15) is 0 Å². The first-order valence-electron chi connectivity index (χ1n) is 8.23. The van der Waals surface area contributed by atoms with Crippen LogP contribution in [0.5, 0.6) is 5.75 Å². The van der Waals surface area contributed by atoms with Gasteiger partial charge in [0.15, 0.2) is 11.3 Å². The van der Waals surface area contributed by atoms with Gasteiger partial charge in [-0.2, -0.15) is 0 Å². The Bertz CT molecular complexity index is 815. The van der Waals surface area contributed by atoms with Crippen LogP contribution in [0.15, 0.2) is 33.2 Å². The van der Waals surface area contributed by atoms with Gasteiger partial charge in [0.1, 0.15) is 11.5 Å². The van der Waals surface area contributed by atoms with E-state index in [4.69, 9.17) is 13.7 Å². The lowest BCUT2D eigenvalue weighted by molar-refractivity contribution is 0.384. The van der Waals surface area contributed by atoms with Crippen molar-refractivity contribution >= 4 is 11.0 Å². The molecule has 3 aromatic rings. The summed E-state index contributed by atoms with van der Waals surface area (Å²) in [5.41, 5.74) is 2.93. The summed E-state index contributed by atoms with van der Waals surface area (Å²) in [5.74, 6) is 2.55. The second-order valence-corrected chi connectivity index (χ2v) is 6.32. The van der Waals surface area contributed by atoms with E-state index >= 15 is 0 Å². The van der Waals surface area contributed by atoms with E-state index in [2.05, 4.69) is 30.4 Å². The maximum Gasteiger partial charge on any atom is 0.176 e. The summed E-state index contributed by atoms with van der Waals surface area (Å²) in [6.07, 6.45) is 0.870. The maximum atomic E-state index is 6.02. The minimum absolute atomic E-state index is 0.0950. The average molecular weight is 328 g/mol. The van der Waals surface area contributed by atoms with E-state index in [1.165, 1.54) is 5.56 Å². The van der Waals surface area contributed by atoms with E-state index in [-0.39, 0.29) is 12.1 Å². The molecule has 1 N–H and O–H groups in total. The van der Waals surface area contributed by atoms with Crippen LogP contribution in [0.2, 0.25) is 0 Å². The number of hydrogen-bond donors (Lipinski definition) is 1. The summed E-state index contributed by atoms with van der Waals surface area (Å²) >= 11 is 0. The van der Waals surface area contributed by atoms with E-state index in [1.54, 1.807) is 7.11 Å². The van der Waals surface area contributed by atoms with Gasteiger partial charge in [0.2, 0.25) is 0 Å². The first kappa shape index (κ1) is 16.6. The Labute approximate surface area is 142 Å². The van der Waals surface area contributed by atoms with Gasteiger partial charge in [-0.25, -0.2) is 0 Å². The van der Waals surface area contributed by atoms with Crippen LogP contribution in [0.3, 0.4) is 0 Å². The zero-order chi connectivity index (χ0) is 17.3. The molecular formula is C19H24N2O3. The van der Waals surface area contributed by atoms with Crippen LogP contribution in [0.4, 0.5) is 0 Å². The fourth-order valence-electron chi connectivity index (χ4n) is 3.10. The number of nitrogens with one attached hydrogen (secondary N) is 1. The number of aryl methyl sites for hydroxylation is 2. The van der Waals surface area contributed by atoms with Crippen LogP contribution in [-0.4, -0.2) is 18.3 Å². The predicted molar refractivity (Wildman–Crippen MR) is 93.5 cm³/mol. The summed E-state index contributed by atoms with van der Waals surface area (Å²) in [7, 11) is 1.66.